The van der Waals surface area contributed by atoms with Gasteiger partial charge in [0.15, 0.2) is 0 Å². The molecule has 0 radical (unpaired) electrons. The molecular weight excluding hydrogens is 276 g/mol. The number of nitrogens with zero attached hydrogens (tertiary/aromatic N) is 2. The third kappa shape index (κ3) is 3.71. The van der Waals surface area contributed by atoms with Crippen molar-refractivity contribution in [2.75, 3.05) is 13.0 Å². The van der Waals surface area contributed by atoms with Crippen LogP contribution >= 0.6 is 11.6 Å². The van der Waals surface area contributed by atoms with Crippen molar-refractivity contribution < 1.29 is 4.74 Å². The third-order valence-electron chi connectivity index (χ3n) is 2.75. The van der Waals surface area contributed by atoms with E-state index in [0.29, 0.717) is 18.1 Å². The van der Waals surface area contributed by atoms with Crippen molar-refractivity contribution in [3.8, 4) is 5.75 Å². The van der Waals surface area contributed by atoms with Crippen molar-refractivity contribution in [1.29, 1.82) is 0 Å². The van der Waals surface area contributed by atoms with Gasteiger partial charge >= 0.3 is 0 Å². The minimum Gasteiger partial charge on any atom is -0.497 e. The quantitative estimate of drug-likeness (QED) is 0.795. The molecule has 0 aliphatic rings. The van der Waals surface area contributed by atoms with E-state index in [1.165, 1.54) is 10.7 Å². The van der Waals surface area contributed by atoms with Crippen LogP contribution in [-0.4, -0.2) is 22.8 Å². The average molecular weight is 291 g/mol. The van der Waals surface area contributed by atoms with E-state index in [2.05, 4.69) is 5.10 Å². The second-order valence-corrected chi connectivity index (χ2v) is 4.49. The fraction of sp³-hybridized carbons (Fsp3) is 0.200. The Morgan fingerprint density at radius 3 is 2.60 bits per heavy atom. The van der Waals surface area contributed by atoms with Gasteiger partial charge in [0.1, 0.15) is 5.75 Å². The van der Waals surface area contributed by atoms with E-state index < -0.39 is 0 Å². The smallest absolute Gasteiger partial charge is 0.266 e. The molecular formula is C15H15ClN2O2. The molecule has 1 aromatic heterocycles. The summed E-state index contributed by atoms with van der Waals surface area (Å²) in [6.07, 6.45) is 3.78. The van der Waals surface area contributed by atoms with Crippen molar-refractivity contribution in [2.45, 2.75) is 6.54 Å². The fourth-order valence-electron chi connectivity index (χ4n) is 1.69. The highest BCUT2D eigenvalue weighted by Crippen LogP contribution is 2.13. The zero-order valence-electron chi connectivity index (χ0n) is 11.1. The Morgan fingerprint density at radius 1 is 1.20 bits per heavy atom. The molecule has 0 fully saturated rings. The lowest BCUT2D eigenvalue weighted by molar-refractivity contribution is 0.415. The molecule has 0 N–H and O–H groups in total. The standard InChI is InChI=1S/C15H15ClN2O2/c1-20-14-7-3-12(4-8-14)2-5-13-6-9-15(19)18(17-13)11-10-16/h2-9H,10-11H2,1H3. The van der Waals surface area contributed by atoms with Crippen molar-refractivity contribution in [2.24, 2.45) is 0 Å². The SMILES string of the molecule is COc1ccc(C=Cc2ccc(=O)n(CCCl)n2)cc1. The van der Waals surface area contributed by atoms with Crippen LogP contribution in [0.3, 0.4) is 0 Å². The van der Waals surface area contributed by atoms with Crippen LogP contribution in [0, 0.1) is 0 Å². The summed E-state index contributed by atoms with van der Waals surface area (Å²) in [5.74, 6) is 1.18. The Kier molecular flexibility index (Phi) is 4.96. The Bertz CT molecular complexity index is 648. The van der Waals surface area contributed by atoms with E-state index in [1.807, 2.05) is 36.4 Å². The number of halogens is 1. The van der Waals surface area contributed by atoms with Gasteiger partial charge in [0.2, 0.25) is 0 Å². The summed E-state index contributed by atoms with van der Waals surface area (Å²) in [6.45, 7) is 0.407. The molecule has 0 atom stereocenters. The molecule has 0 amide bonds. The molecule has 0 aliphatic heterocycles. The lowest BCUT2D eigenvalue weighted by Crippen LogP contribution is -2.23. The first-order chi connectivity index (χ1) is 9.72. The first-order valence-corrected chi connectivity index (χ1v) is 6.72. The van der Waals surface area contributed by atoms with Crippen molar-refractivity contribution in [1.82, 2.24) is 9.78 Å². The van der Waals surface area contributed by atoms with Gasteiger partial charge in [-0.3, -0.25) is 4.79 Å². The Morgan fingerprint density at radius 2 is 1.95 bits per heavy atom. The second kappa shape index (κ2) is 6.91. The van der Waals surface area contributed by atoms with E-state index >= 15 is 0 Å². The highest BCUT2D eigenvalue weighted by molar-refractivity contribution is 6.17. The van der Waals surface area contributed by atoms with Crippen molar-refractivity contribution in [3.63, 3.8) is 0 Å². The first kappa shape index (κ1) is 14.3. The zero-order valence-corrected chi connectivity index (χ0v) is 11.9. The number of hydrogen-bond acceptors (Lipinski definition) is 3. The molecule has 0 aliphatic carbocycles. The van der Waals surface area contributed by atoms with Crippen LogP contribution < -0.4 is 10.3 Å². The molecule has 0 saturated carbocycles. The maximum Gasteiger partial charge on any atom is 0.266 e. The first-order valence-electron chi connectivity index (χ1n) is 6.19. The van der Waals surface area contributed by atoms with Gasteiger partial charge in [-0.2, -0.15) is 5.10 Å². The Labute approximate surface area is 122 Å². The van der Waals surface area contributed by atoms with E-state index in [9.17, 15) is 4.79 Å². The number of ether oxygens (including phenoxy) is 1. The van der Waals surface area contributed by atoms with Gasteiger partial charge in [-0.15, -0.1) is 11.6 Å². The van der Waals surface area contributed by atoms with Crippen molar-refractivity contribution in [3.05, 3.63) is 58.0 Å². The van der Waals surface area contributed by atoms with Gasteiger partial charge in [-0.05, 0) is 29.8 Å². The summed E-state index contributed by atoms with van der Waals surface area (Å²) in [5, 5.41) is 4.22. The van der Waals surface area contributed by atoms with Crippen LogP contribution in [0.15, 0.2) is 41.2 Å². The molecule has 5 heteroatoms. The number of rotatable bonds is 5. The summed E-state index contributed by atoms with van der Waals surface area (Å²) >= 11 is 5.63. The summed E-state index contributed by atoms with van der Waals surface area (Å²) in [4.78, 5) is 11.5. The highest BCUT2D eigenvalue weighted by atomic mass is 35.5. The van der Waals surface area contributed by atoms with E-state index in [-0.39, 0.29) is 5.56 Å². The van der Waals surface area contributed by atoms with E-state index in [4.69, 9.17) is 16.3 Å². The van der Waals surface area contributed by atoms with Crippen LogP contribution in [0.4, 0.5) is 0 Å². The second-order valence-electron chi connectivity index (χ2n) is 4.12. The number of methoxy groups -OCH3 is 1. The maximum absolute atomic E-state index is 11.5. The number of hydrogen-bond donors (Lipinski definition) is 0. The summed E-state index contributed by atoms with van der Waals surface area (Å²) in [5.41, 5.74) is 1.60. The van der Waals surface area contributed by atoms with Crippen LogP contribution in [0.2, 0.25) is 0 Å². The molecule has 2 rings (SSSR count). The fourth-order valence-corrected chi connectivity index (χ4v) is 1.85. The Hall–Kier alpha value is -2.07. The number of aromatic nitrogens is 2. The summed E-state index contributed by atoms with van der Waals surface area (Å²) < 4.78 is 6.46. The highest BCUT2D eigenvalue weighted by Gasteiger charge is 1.97. The van der Waals surface area contributed by atoms with Crippen LogP contribution in [0.25, 0.3) is 12.2 Å². The predicted octanol–water partition coefficient (Wildman–Crippen LogP) is 2.66. The summed E-state index contributed by atoms with van der Waals surface area (Å²) in [7, 11) is 1.63. The molecule has 1 aromatic carbocycles. The van der Waals surface area contributed by atoms with Crippen LogP contribution in [0.5, 0.6) is 5.75 Å². The minimum absolute atomic E-state index is 0.146. The average Bonchev–Trinajstić information content (AvgIpc) is 2.49. The molecule has 20 heavy (non-hydrogen) atoms. The van der Waals surface area contributed by atoms with E-state index in [1.54, 1.807) is 13.2 Å². The van der Waals surface area contributed by atoms with Crippen LogP contribution in [0.1, 0.15) is 11.3 Å². The third-order valence-corrected chi connectivity index (χ3v) is 2.91. The van der Waals surface area contributed by atoms with Crippen LogP contribution in [-0.2, 0) is 6.54 Å². The topological polar surface area (TPSA) is 44.1 Å². The van der Waals surface area contributed by atoms with Gasteiger partial charge < -0.3 is 4.74 Å². The monoisotopic (exact) mass is 290 g/mol. The molecule has 0 unspecified atom stereocenters. The molecule has 0 spiro atoms. The molecule has 1 heterocycles. The number of alkyl halides is 1. The van der Waals surface area contributed by atoms with Gasteiger partial charge in [0.05, 0.1) is 19.3 Å². The molecule has 0 bridgehead atoms. The lowest BCUT2D eigenvalue weighted by Gasteiger charge is -2.02. The van der Waals surface area contributed by atoms with Gasteiger partial charge in [-0.25, -0.2) is 4.68 Å². The Balaban J connectivity index is 2.17. The maximum atomic E-state index is 11.5. The number of benzene rings is 1. The van der Waals surface area contributed by atoms with E-state index in [0.717, 1.165) is 11.3 Å². The zero-order chi connectivity index (χ0) is 14.4. The minimum atomic E-state index is -0.146. The lowest BCUT2D eigenvalue weighted by atomic mass is 10.2. The van der Waals surface area contributed by atoms with Crippen molar-refractivity contribution >= 4 is 23.8 Å². The summed E-state index contributed by atoms with van der Waals surface area (Å²) in [6, 6.07) is 10.9. The molecule has 2 aromatic rings. The molecule has 4 nitrogen and oxygen atoms in total. The molecule has 104 valence electrons. The predicted molar refractivity (Wildman–Crippen MR) is 81.1 cm³/mol. The van der Waals surface area contributed by atoms with Gasteiger partial charge in [0, 0.05) is 11.9 Å². The van der Waals surface area contributed by atoms with Gasteiger partial charge in [0.25, 0.3) is 5.56 Å². The molecule has 0 saturated heterocycles. The largest absolute Gasteiger partial charge is 0.497 e. The number of aryl methyl sites for hydroxylation is 1. The normalized spacial score (nSPS) is 10.9. The van der Waals surface area contributed by atoms with Gasteiger partial charge in [-0.1, -0.05) is 18.2 Å².